The van der Waals surface area contributed by atoms with E-state index in [-0.39, 0.29) is 0 Å². The van der Waals surface area contributed by atoms with Crippen LogP contribution in [0.3, 0.4) is 0 Å². The number of hydrogen-bond acceptors (Lipinski definition) is 2. The van der Waals surface area contributed by atoms with E-state index in [1.807, 2.05) is 0 Å². The van der Waals surface area contributed by atoms with E-state index in [0.717, 1.165) is 6.07 Å². The molecule has 0 saturated carbocycles. The molecule has 0 aliphatic rings. The molecule has 0 aliphatic carbocycles. The van der Waals surface area contributed by atoms with Crippen molar-refractivity contribution in [2.75, 3.05) is 0 Å². The van der Waals surface area contributed by atoms with Gasteiger partial charge in [-0.25, -0.2) is 0 Å². The van der Waals surface area contributed by atoms with Gasteiger partial charge in [0.05, 0.1) is 11.2 Å². The Hall–Kier alpha value is -1.04. The minimum atomic E-state index is -4.43. The van der Waals surface area contributed by atoms with Crippen LogP contribution < -0.4 is 5.73 Å². The standard InChI is InChI=1S/C10H16F3N3/c1-6(14)7-5-8(10(11,12)13)15-16(7)9(2,3)4/h5-6H,14H2,1-4H3/t6-/m1/s1. The van der Waals surface area contributed by atoms with Gasteiger partial charge >= 0.3 is 6.18 Å². The number of hydrogen-bond donors (Lipinski definition) is 1. The van der Waals surface area contributed by atoms with Crippen molar-refractivity contribution in [3.63, 3.8) is 0 Å². The summed E-state index contributed by atoms with van der Waals surface area (Å²) in [4.78, 5) is 0. The van der Waals surface area contributed by atoms with Crippen LogP contribution in [0.2, 0.25) is 0 Å². The van der Waals surface area contributed by atoms with E-state index in [0.29, 0.717) is 5.69 Å². The van der Waals surface area contributed by atoms with Gasteiger partial charge in [-0.1, -0.05) is 0 Å². The van der Waals surface area contributed by atoms with Gasteiger partial charge in [0.2, 0.25) is 0 Å². The Morgan fingerprint density at radius 3 is 2.06 bits per heavy atom. The molecule has 16 heavy (non-hydrogen) atoms. The molecule has 0 saturated heterocycles. The van der Waals surface area contributed by atoms with Gasteiger partial charge in [0.25, 0.3) is 0 Å². The number of alkyl halides is 3. The number of rotatable bonds is 1. The Balaban J connectivity index is 3.32. The predicted octanol–water partition coefficient (Wildman–Crippen LogP) is 2.68. The van der Waals surface area contributed by atoms with Crippen LogP contribution in [-0.2, 0) is 11.7 Å². The van der Waals surface area contributed by atoms with Crippen molar-refractivity contribution < 1.29 is 13.2 Å². The van der Waals surface area contributed by atoms with Crippen LogP contribution in [-0.4, -0.2) is 9.78 Å². The van der Waals surface area contributed by atoms with E-state index in [9.17, 15) is 13.2 Å². The molecule has 0 radical (unpaired) electrons. The lowest BCUT2D eigenvalue weighted by Gasteiger charge is -2.23. The first-order valence-electron chi connectivity index (χ1n) is 4.96. The third-order valence-electron chi connectivity index (χ3n) is 2.13. The van der Waals surface area contributed by atoms with Crippen LogP contribution in [0, 0.1) is 0 Å². The number of halogens is 3. The summed E-state index contributed by atoms with van der Waals surface area (Å²) in [5.74, 6) is 0. The molecule has 0 fully saturated rings. The molecule has 0 aliphatic heterocycles. The lowest BCUT2D eigenvalue weighted by Crippen LogP contribution is -2.28. The van der Waals surface area contributed by atoms with Crippen LogP contribution in [0.5, 0.6) is 0 Å². The predicted molar refractivity (Wildman–Crippen MR) is 54.8 cm³/mol. The summed E-state index contributed by atoms with van der Waals surface area (Å²) >= 11 is 0. The zero-order valence-electron chi connectivity index (χ0n) is 9.76. The summed E-state index contributed by atoms with van der Waals surface area (Å²) in [6, 6.07) is 0.526. The first-order valence-corrected chi connectivity index (χ1v) is 4.96. The van der Waals surface area contributed by atoms with Gasteiger partial charge in [0.1, 0.15) is 0 Å². The second-order valence-corrected chi connectivity index (χ2v) is 4.82. The molecule has 6 heteroatoms. The summed E-state index contributed by atoms with van der Waals surface area (Å²) in [7, 11) is 0. The molecule has 0 bridgehead atoms. The van der Waals surface area contributed by atoms with Crippen molar-refractivity contribution in [3.05, 3.63) is 17.5 Å². The highest BCUT2D eigenvalue weighted by Crippen LogP contribution is 2.31. The van der Waals surface area contributed by atoms with E-state index in [1.54, 1.807) is 27.7 Å². The lowest BCUT2D eigenvalue weighted by atomic mass is 10.1. The normalized spacial score (nSPS) is 15.2. The molecule has 0 aromatic carbocycles. The van der Waals surface area contributed by atoms with Gasteiger partial charge in [-0.2, -0.15) is 18.3 Å². The molecule has 0 unspecified atom stereocenters. The molecule has 3 nitrogen and oxygen atoms in total. The fourth-order valence-corrected chi connectivity index (χ4v) is 1.40. The first-order chi connectivity index (χ1) is 7.03. The van der Waals surface area contributed by atoms with Gasteiger partial charge in [-0.05, 0) is 33.8 Å². The van der Waals surface area contributed by atoms with Gasteiger partial charge in [-0.15, -0.1) is 0 Å². The second kappa shape index (κ2) is 3.76. The van der Waals surface area contributed by atoms with E-state index < -0.39 is 23.5 Å². The SMILES string of the molecule is C[C@@H](N)c1cc(C(F)(F)F)nn1C(C)(C)C. The van der Waals surface area contributed by atoms with E-state index in [4.69, 9.17) is 5.73 Å². The minimum Gasteiger partial charge on any atom is -0.323 e. The van der Waals surface area contributed by atoms with E-state index in [2.05, 4.69) is 5.10 Å². The summed E-state index contributed by atoms with van der Waals surface area (Å²) in [6.45, 7) is 6.99. The maximum Gasteiger partial charge on any atom is 0.435 e. The Kier molecular flexibility index (Phi) is 3.06. The van der Waals surface area contributed by atoms with Gasteiger partial charge in [0, 0.05) is 6.04 Å². The molecule has 1 aromatic rings. The van der Waals surface area contributed by atoms with Gasteiger partial charge in [-0.3, -0.25) is 4.68 Å². The van der Waals surface area contributed by atoms with Crippen molar-refractivity contribution in [1.82, 2.24) is 9.78 Å². The van der Waals surface area contributed by atoms with Crippen molar-refractivity contribution in [2.45, 2.75) is 45.5 Å². The average molecular weight is 235 g/mol. The van der Waals surface area contributed by atoms with Gasteiger partial charge < -0.3 is 5.73 Å². The maximum atomic E-state index is 12.5. The molecular weight excluding hydrogens is 219 g/mol. The first kappa shape index (κ1) is 13.0. The van der Waals surface area contributed by atoms with Crippen LogP contribution in [0.25, 0.3) is 0 Å². The van der Waals surface area contributed by atoms with Gasteiger partial charge in [0.15, 0.2) is 5.69 Å². The highest BCUT2D eigenvalue weighted by molar-refractivity contribution is 5.17. The highest BCUT2D eigenvalue weighted by atomic mass is 19.4. The fourth-order valence-electron chi connectivity index (χ4n) is 1.40. The zero-order valence-corrected chi connectivity index (χ0v) is 9.76. The highest BCUT2D eigenvalue weighted by Gasteiger charge is 2.36. The molecule has 92 valence electrons. The molecule has 1 rings (SSSR count). The quantitative estimate of drug-likeness (QED) is 0.813. The molecular formula is C10H16F3N3. The Morgan fingerprint density at radius 1 is 1.31 bits per heavy atom. The maximum absolute atomic E-state index is 12.5. The Morgan fingerprint density at radius 2 is 1.81 bits per heavy atom. The van der Waals surface area contributed by atoms with Crippen molar-refractivity contribution >= 4 is 0 Å². The average Bonchev–Trinajstić information content (AvgIpc) is 2.44. The molecule has 0 amide bonds. The summed E-state index contributed by atoms with van der Waals surface area (Å²) in [6.07, 6.45) is -4.43. The smallest absolute Gasteiger partial charge is 0.323 e. The molecule has 1 heterocycles. The fraction of sp³-hybridized carbons (Fsp3) is 0.700. The molecule has 1 atom stereocenters. The van der Waals surface area contributed by atoms with Crippen LogP contribution >= 0.6 is 0 Å². The summed E-state index contributed by atoms with van der Waals surface area (Å²) in [5, 5.41) is 3.59. The lowest BCUT2D eigenvalue weighted by molar-refractivity contribution is -0.141. The minimum absolute atomic E-state index is 0.389. The number of nitrogens with two attached hydrogens (primary N) is 1. The zero-order chi connectivity index (χ0) is 12.7. The monoisotopic (exact) mass is 235 g/mol. The Bertz CT molecular complexity index is 372. The Labute approximate surface area is 92.4 Å². The molecule has 2 N–H and O–H groups in total. The van der Waals surface area contributed by atoms with Crippen molar-refractivity contribution in [2.24, 2.45) is 5.73 Å². The third-order valence-corrected chi connectivity index (χ3v) is 2.13. The number of nitrogens with zero attached hydrogens (tertiary/aromatic N) is 2. The third kappa shape index (κ3) is 2.55. The summed E-state index contributed by atoms with van der Waals surface area (Å²) < 4.78 is 38.9. The second-order valence-electron chi connectivity index (χ2n) is 4.82. The van der Waals surface area contributed by atoms with Crippen LogP contribution in [0.1, 0.15) is 45.1 Å². The molecule has 1 aromatic heterocycles. The van der Waals surface area contributed by atoms with Crippen LogP contribution in [0.15, 0.2) is 6.07 Å². The largest absolute Gasteiger partial charge is 0.435 e. The molecule has 0 spiro atoms. The van der Waals surface area contributed by atoms with Crippen LogP contribution in [0.4, 0.5) is 13.2 Å². The topological polar surface area (TPSA) is 43.8 Å². The van der Waals surface area contributed by atoms with E-state index >= 15 is 0 Å². The van der Waals surface area contributed by atoms with Crippen molar-refractivity contribution in [1.29, 1.82) is 0 Å². The van der Waals surface area contributed by atoms with E-state index in [1.165, 1.54) is 4.68 Å². The summed E-state index contributed by atoms with van der Waals surface area (Å²) in [5.41, 5.74) is 4.61. The van der Waals surface area contributed by atoms with Crippen molar-refractivity contribution in [3.8, 4) is 0 Å². The number of aromatic nitrogens is 2.